The van der Waals surface area contributed by atoms with Crippen molar-refractivity contribution in [1.82, 2.24) is 9.47 Å². The van der Waals surface area contributed by atoms with Gasteiger partial charge < -0.3 is 4.57 Å². The Kier molecular flexibility index (Phi) is 4.18. The first-order valence-electron chi connectivity index (χ1n) is 8.95. The van der Waals surface area contributed by atoms with Gasteiger partial charge in [-0.1, -0.05) is 47.0 Å². The second kappa shape index (κ2) is 5.79. The maximum Gasteiger partial charge on any atom is 0.0461 e. The van der Waals surface area contributed by atoms with Crippen LogP contribution in [0.2, 0.25) is 0 Å². The Morgan fingerprint density at radius 3 is 2.43 bits per heavy atom. The van der Waals surface area contributed by atoms with Crippen molar-refractivity contribution < 1.29 is 0 Å². The minimum absolute atomic E-state index is 0.249. The molecule has 0 aromatic carbocycles. The maximum atomic E-state index is 2.79. The van der Waals surface area contributed by atoms with Crippen LogP contribution < -0.4 is 0 Å². The van der Waals surface area contributed by atoms with Gasteiger partial charge in [0.2, 0.25) is 0 Å². The molecule has 21 heavy (non-hydrogen) atoms. The van der Waals surface area contributed by atoms with E-state index in [4.69, 9.17) is 0 Å². The van der Waals surface area contributed by atoms with Gasteiger partial charge >= 0.3 is 0 Å². The summed E-state index contributed by atoms with van der Waals surface area (Å²) in [6.45, 7) is 11.8. The van der Waals surface area contributed by atoms with Crippen LogP contribution in [-0.2, 0) is 12.0 Å². The average Bonchev–Trinajstić information content (AvgIpc) is 2.91. The molecule has 1 aromatic rings. The molecule has 0 spiro atoms. The number of rotatable bonds is 2. The fourth-order valence-corrected chi connectivity index (χ4v) is 4.32. The molecule has 1 unspecified atom stereocenters. The fourth-order valence-electron chi connectivity index (χ4n) is 4.32. The lowest BCUT2D eigenvalue weighted by Crippen LogP contribution is -2.44. The lowest BCUT2D eigenvalue weighted by molar-refractivity contribution is 0.0990. The summed E-state index contributed by atoms with van der Waals surface area (Å²) in [6.07, 6.45) is 8.41. The van der Waals surface area contributed by atoms with Gasteiger partial charge in [-0.05, 0) is 31.4 Å². The zero-order chi connectivity index (χ0) is 15.0. The molecule has 0 bridgehead atoms. The smallest absolute Gasteiger partial charge is 0.0461 e. The Morgan fingerprint density at radius 1 is 1.10 bits per heavy atom. The first kappa shape index (κ1) is 15.1. The molecule has 0 saturated heterocycles. The van der Waals surface area contributed by atoms with Crippen molar-refractivity contribution in [3.63, 3.8) is 0 Å². The molecule has 1 aliphatic heterocycles. The second-order valence-electron chi connectivity index (χ2n) is 8.11. The predicted molar refractivity (Wildman–Crippen MR) is 89.7 cm³/mol. The molecule has 1 atom stereocenters. The summed E-state index contributed by atoms with van der Waals surface area (Å²) in [7, 11) is 0. The highest BCUT2D eigenvalue weighted by Gasteiger charge is 2.32. The minimum Gasteiger partial charge on any atom is -0.343 e. The normalized spacial score (nSPS) is 25.0. The van der Waals surface area contributed by atoms with E-state index in [1.807, 2.05) is 0 Å². The van der Waals surface area contributed by atoms with Crippen LogP contribution in [-0.4, -0.2) is 22.1 Å². The van der Waals surface area contributed by atoms with Gasteiger partial charge in [0.15, 0.2) is 0 Å². The molecule has 2 heterocycles. The molecule has 0 radical (unpaired) electrons. The molecule has 1 saturated carbocycles. The summed E-state index contributed by atoms with van der Waals surface area (Å²) in [4.78, 5) is 2.79. The highest BCUT2D eigenvalue weighted by atomic mass is 15.2. The van der Waals surface area contributed by atoms with Crippen LogP contribution in [0.3, 0.4) is 0 Å². The Balaban J connectivity index is 1.87. The Labute approximate surface area is 130 Å². The van der Waals surface area contributed by atoms with Gasteiger partial charge in [-0.25, -0.2) is 0 Å². The Hall–Kier alpha value is -0.760. The van der Waals surface area contributed by atoms with Crippen LogP contribution >= 0.6 is 0 Å². The van der Waals surface area contributed by atoms with Crippen molar-refractivity contribution in [3.8, 4) is 0 Å². The van der Waals surface area contributed by atoms with Crippen LogP contribution in [0.15, 0.2) is 12.1 Å². The third kappa shape index (κ3) is 2.92. The highest BCUT2D eigenvalue weighted by Crippen LogP contribution is 2.35. The van der Waals surface area contributed by atoms with Crippen molar-refractivity contribution in [2.24, 2.45) is 0 Å². The number of hydrogen-bond donors (Lipinski definition) is 0. The highest BCUT2D eigenvalue weighted by molar-refractivity contribution is 5.25. The van der Waals surface area contributed by atoms with E-state index in [-0.39, 0.29) is 5.41 Å². The minimum atomic E-state index is 0.249. The molecule has 1 fully saturated rings. The zero-order valence-corrected chi connectivity index (χ0v) is 14.4. The molecule has 2 nitrogen and oxygen atoms in total. The van der Waals surface area contributed by atoms with Gasteiger partial charge in [0, 0.05) is 42.0 Å². The second-order valence-corrected chi connectivity index (χ2v) is 8.11. The maximum absolute atomic E-state index is 2.79. The summed E-state index contributed by atoms with van der Waals surface area (Å²) in [5.41, 5.74) is 3.31. The SMILES string of the molecule is CCC1CN(C2CCCCC2)Cc2ccc(C(C)(C)C)n21. The van der Waals surface area contributed by atoms with Gasteiger partial charge in [-0.15, -0.1) is 0 Å². The third-order valence-electron chi connectivity index (χ3n) is 5.51. The fraction of sp³-hybridized carbons (Fsp3) is 0.789. The van der Waals surface area contributed by atoms with Crippen molar-refractivity contribution in [3.05, 3.63) is 23.5 Å². The average molecular weight is 288 g/mol. The molecule has 2 aliphatic rings. The summed E-state index contributed by atoms with van der Waals surface area (Å²) < 4.78 is 2.67. The molecule has 1 aromatic heterocycles. The Bertz CT molecular complexity index is 474. The summed E-state index contributed by atoms with van der Waals surface area (Å²) >= 11 is 0. The molecular weight excluding hydrogens is 256 g/mol. The van der Waals surface area contributed by atoms with E-state index in [0.29, 0.717) is 6.04 Å². The molecule has 3 rings (SSSR count). The van der Waals surface area contributed by atoms with Crippen LogP contribution in [0.1, 0.15) is 83.6 Å². The van der Waals surface area contributed by atoms with Gasteiger partial charge in [-0.3, -0.25) is 4.90 Å². The van der Waals surface area contributed by atoms with Gasteiger partial charge in [0.1, 0.15) is 0 Å². The van der Waals surface area contributed by atoms with Crippen molar-refractivity contribution in [1.29, 1.82) is 0 Å². The Morgan fingerprint density at radius 2 is 1.81 bits per heavy atom. The van der Waals surface area contributed by atoms with Crippen LogP contribution in [0.4, 0.5) is 0 Å². The quantitative estimate of drug-likeness (QED) is 0.752. The topological polar surface area (TPSA) is 8.17 Å². The first-order valence-corrected chi connectivity index (χ1v) is 8.95. The van der Waals surface area contributed by atoms with E-state index in [9.17, 15) is 0 Å². The molecular formula is C19H32N2. The van der Waals surface area contributed by atoms with E-state index in [1.165, 1.54) is 50.8 Å². The number of hydrogen-bond acceptors (Lipinski definition) is 1. The summed E-state index contributed by atoms with van der Waals surface area (Å²) in [5.74, 6) is 0. The number of fused-ring (bicyclic) bond motifs is 1. The lowest BCUT2D eigenvalue weighted by Gasteiger charge is -2.42. The predicted octanol–water partition coefficient (Wildman–Crippen LogP) is 4.89. The lowest BCUT2D eigenvalue weighted by atomic mass is 9.91. The van der Waals surface area contributed by atoms with Crippen molar-refractivity contribution in [2.45, 2.75) is 90.3 Å². The third-order valence-corrected chi connectivity index (χ3v) is 5.51. The van der Waals surface area contributed by atoms with E-state index < -0.39 is 0 Å². The number of aromatic nitrogens is 1. The molecule has 0 amide bonds. The van der Waals surface area contributed by atoms with Crippen molar-refractivity contribution >= 4 is 0 Å². The monoisotopic (exact) mass is 288 g/mol. The van der Waals surface area contributed by atoms with Crippen LogP contribution in [0, 0.1) is 0 Å². The zero-order valence-electron chi connectivity index (χ0n) is 14.4. The molecule has 2 heteroatoms. The van der Waals surface area contributed by atoms with Crippen molar-refractivity contribution in [2.75, 3.05) is 6.54 Å². The van der Waals surface area contributed by atoms with E-state index in [1.54, 1.807) is 5.69 Å². The molecule has 1 aliphatic carbocycles. The van der Waals surface area contributed by atoms with E-state index >= 15 is 0 Å². The van der Waals surface area contributed by atoms with Crippen LogP contribution in [0.25, 0.3) is 0 Å². The largest absolute Gasteiger partial charge is 0.343 e. The number of nitrogens with zero attached hydrogens (tertiary/aromatic N) is 2. The standard InChI is InChI=1S/C19H32N2/c1-5-15-13-20(16-9-7-6-8-10-16)14-17-11-12-18(21(15)17)19(2,3)4/h11-12,15-16H,5-10,13-14H2,1-4H3. The molecule has 0 N–H and O–H groups in total. The van der Waals surface area contributed by atoms with Crippen LogP contribution in [0.5, 0.6) is 0 Å². The van der Waals surface area contributed by atoms with E-state index in [0.717, 1.165) is 12.6 Å². The molecule has 118 valence electrons. The van der Waals surface area contributed by atoms with Gasteiger partial charge in [0.25, 0.3) is 0 Å². The van der Waals surface area contributed by atoms with E-state index in [2.05, 4.69) is 49.3 Å². The summed E-state index contributed by atoms with van der Waals surface area (Å²) in [5, 5.41) is 0. The summed E-state index contributed by atoms with van der Waals surface area (Å²) in [6, 6.07) is 6.27. The first-order chi connectivity index (χ1) is 10.0. The van der Waals surface area contributed by atoms with Gasteiger partial charge in [-0.2, -0.15) is 0 Å². The van der Waals surface area contributed by atoms with Gasteiger partial charge in [0.05, 0.1) is 0 Å².